The molecule has 2 aromatic carbocycles. The molecule has 21 heavy (non-hydrogen) atoms. The summed E-state index contributed by atoms with van der Waals surface area (Å²) in [6.45, 7) is 1.77. The van der Waals surface area contributed by atoms with E-state index in [-0.39, 0.29) is 15.1 Å². The van der Waals surface area contributed by atoms with E-state index in [4.69, 9.17) is 5.73 Å². The van der Waals surface area contributed by atoms with E-state index in [1.807, 2.05) is 0 Å². The van der Waals surface area contributed by atoms with E-state index in [1.165, 1.54) is 0 Å². The summed E-state index contributed by atoms with van der Waals surface area (Å²) >= 11 is 6.26. The molecule has 0 aliphatic rings. The van der Waals surface area contributed by atoms with Gasteiger partial charge in [0.05, 0.1) is 15.8 Å². The number of anilines is 2. The molecule has 8 heteroatoms. The van der Waals surface area contributed by atoms with Gasteiger partial charge in [-0.25, -0.2) is 12.8 Å². The van der Waals surface area contributed by atoms with Crippen LogP contribution in [0.4, 0.5) is 15.8 Å². The maximum absolute atomic E-state index is 13.3. The van der Waals surface area contributed by atoms with Crippen molar-refractivity contribution < 1.29 is 12.8 Å². The fourth-order valence-electron chi connectivity index (χ4n) is 1.72. The Bertz CT molecular complexity index is 810. The molecule has 0 fully saturated rings. The number of nitrogens with one attached hydrogen (secondary N) is 1. The number of hydrogen-bond acceptors (Lipinski definition) is 3. The highest BCUT2D eigenvalue weighted by Crippen LogP contribution is 2.29. The number of nitrogens with two attached hydrogens (primary N) is 1. The Hall–Kier alpha value is -1.12. The Morgan fingerprint density at radius 3 is 2.48 bits per heavy atom. The van der Waals surface area contributed by atoms with Crippen molar-refractivity contribution in [2.75, 3.05) is 10.5 Å². The van der Waals surface area contributed by atoms with Gasteiger partial charge in [-0.3, -0.25) is 4.72 Å². The quantitative estimate of drug-likeness (QED) is 0.711. The number of aryl methyl sites for hydroxylation is 1. The van der Waals surface area contributed by atoms with Crippen LogP contribution in [0.1, 0.15) is 5.56 Å². The lowest BCUT2D eigenvalue weighted by Crippen LogP contribution is -2.15. The molecule has 0 saturated heterocycles. The minimum Gasteiger partial charge on any atom is -0.398 e. The van der Waals surface area contributed by atoms with E-state index in [0.29, 0.717) is 5.69 Å². The van der Waals surface area contributed by atoms with Crippen LogP contribution in [-0.2, 0) is 10.0 Å². The number of rotatable bonds is 3. The monoisotopic (exact) mass is 436 g/mol. The second-order valence-electron chi connectivity index (χ2n) is 4.37. The average Bonchev–Trinajstić information content (AvgIpc) is 2.37. The highest BCUT2D eigenvalue weighted by atomic mass is 79.9. The van der Waals surface area contributed by atoms with Gasteiger partial charge in [0.1, 0.15) is 10.7 Å². The van der Waals surface area contributed by atoms with Crippen LogP contribution in [0.5, 0.6) is 0 Å². The standard InChI is InChI=1S/C13H11Br2FN2O2S/c1-7-4-8(14)2-3-12(7)18-21(19,20)13-5-9(15)10(16)6-11(13)17/h2-6,18H,17H2,1H3. The van der Waals surface area contributed by atoms with Gasteiger partial charge >= 0.3 is 0 Å². The summed E-state index contributed by atoms with van der Waals surface area (Å²) in [6, 6.07) is 7.23. The summed E-state index contributed by atoms with van der Waals surface area (Å²) in [7, 11) is -3.91. The Balaban J connectivity index is 2.46. The third kappa shape index (κ3) is 3.56. The van der Waals surface area contributed by atoms with Gasteiger partial charge in [0.25, 0.3) is 10.0 Å². The van der Waals surface area contributed by atoms with Crippen molar-refractivity contribution >= 4 is 53.3 Å². The van der Waals surface area contributed by atoms with Crippen LogP contribution in [0.3, 0.4) is 0 Å². The van der Waals surface area contributed by atoms with Crippen LogP contribution in [0, 0.1) is 12.7 Å². The van der Waals surface area contributed by atoms with E-state index < -0.39 is 15.8 Å². The Labute approximate surface area is 138 Å². The molecule has 0 aromatic heterocycles. The summed E-state index contributed by atoms with van der Waals surface area (Å²) in [5.74, 6) is -0.619. The molecule has 3 N–H and O–H groups in total. The molecule has 4 nitrogen and oxygen atoms in total. The number of hydrogen-bond donors (Lipinski definition) is 2. The van der Waals surface area contributed by atoms with Gasteiger partial charge in [0, 0.05) is 4.47 Å². The van der Waals surface area contributed by atoms with Crippen molar-refractivity contribution in [2.24, 2.45) is 0 Å². The first kappa shape index (κ1) is 16.3. The van der Waals surface area contributed by atoms with Gasteiger partial charge in [-0.15, -0.1) is 0 Å². The van der Waals surface area contributed by atoms with Crippen LogP contribution in [0.15, 0.2) is 44.2 Å². The molecule has 2 aromatic rings. The summed E-state index contributed by atoms with van der Waals surface area (Å²) < 4.78 is 41.4. The van der Waals surface area contributed by atoms with Crippen molar-refractivity contribution in [1.82, 2.24) is 0 Å². The molecule has 0 spiro atoms. The minimum absolute atomic E-state index is 0.0320. The van der Waals surface area contributed by atoms with E-state index >= 15 is 0 Å². The Kier molecular flexibility index (Phi) is 4.60. The summed E-state index contributed by atoms with van der Waals surface area (Å²) in [4.78, 5) is -0.182. The molecule has 0 saturated carbocycles. The first-order valence-corrected chi connectivity index (χ1v) is 8.81. The SMILES string of the molecule is Cc1cc(Br)ccc1NS(=O)(=O)c1cc(Br)c(F)cc1N. The molecule has 0 radical (unpaired) electrons. The van der Waals surface area contributed by atoms with Gasteiger partial charge in [0.2, 0.25) is 0 Å². The predicted octanol–water partition coefficient (Wildman–Crippen LogP) is 4.04. The summed E-state index contributed by atoms with van der Waals surface area (Å²) in [5, 5.41) is 0. The molecule has 2 rings (SSSR count). The van der Waals surface area contributed by atoms with Crippen LogP contribution >= 0.6 is 31.9 Å². The molecule has 0 amide bonds. The van der Waals surface area contributed by atoms with Crippen LogP contribution < -0.4 is 10.5 Å². The van der Waals surface area contributed by atoms with Crippen LogP contribution in [0.25, 0.3) is 0 Å². The smallest absolute Gasteiger partial charge is 0.263 e. The normalized spacial score (nSPS) is 11.4. The third-order valence-corrected chi connectivity index (χ3v) is 5.30. The first-order valence-electron chi connectivity index (χ1n) is 5.74. The average molecular weight is 438 g/mol. The fourth-order valence-corrected chi connectivity index (χ4v) is 3.96. The van der Waals surface area contributed by atoms with Gasteiger partial charge < -0.3 is 5.73 Å². The molecule has 0 unspecified atom stereocenters. The minimum atomic E-state index is -3.91. The van der Waals surface area contributed by atoms with E-state index in [1.54, 1.807) is 25.1 Å². The molecule has 0 aliphatic carbocycles. The lowest BCUT2D eigenvalue weighted by Gasteiger charge is -2.13. The topological polar surface area (TPSA) is 72.2 Å². The van der Waals surface area contributed by atoms with E-state index in [9.17, 15) is 12.8 Å². The molecule has 0 heterocycles. The third-order valence-electron chi connectivity index (χ3n) is 2.78. The predicted molar refractivity (Wildman–Crippen MR) is 88.2 cm³/mol. The second kappa shape index (κ2) is 5.94. The molecule has 0 atom stereocenters. The van der Waals surface area contributed by atoms with Gasteiger partial charge in [-0.1, -0.05) is 15.9 Å². The van der Waals surface area contributed by atoms with Gasteiger partial charge in [-0.05, 0) is 58.7 Å². The number of sulfonamides is 1. The fraction of sp³-hybridized carbons (Fsp3) is 0.0769. The Morgan fingerprint density at radius 2 is 1.86 bits per heavy atom. The van der Waals surface area contributed by atoms with Crippen molar-refractivity contribution in [2.45, 2.75) is 11.8 Å². The maximum atomic E-state index is 13.3. The number of benzene rings is 2. The Morgan fingerprint density at radius 1 is 1.19 bits per heavy atom. The lowest BCUT2D eigenvalue weighted by molar-refractivity contribution is 0.599. The summed E-state index contributed by atoms with van der Waals surface area (Å²) in [6.07, 6.45) is 0. The number of nitrogen functional groups attached to an aromatic ring is 1. The number of halogens is 3. The second-order valence-corrected chi connectivity index (χ2v) is 7.79. The van der Waals surface area contributed by atoms with Crippen molar-refractivity contribution in [1.29, 1.82) is 0 Å². The molecule has 0 bridgehead atoms. The van der Waals surface area contributed by atoms with Crippen molar-refractivity contribution in [3.05, 3.63) is 50.7 Å². The molecular formula is C13H11Br2FN2O2S. The van der Waals surface area contributed by atoms with Crippen LogP contribution in [-0.4, -0.2) is 8.42 Å². The van der Waals surface area contributed by atoms with Crippen molar-refractivity contribution in [3.8, 4) is 0 Å². The molecule has 112 valence electrons. The zero-order valence-corrected chi connectivity index (χ0v) is 14.8. The highest BCUT2D eigenvalue weighted by molar-refractivity contribution is 9.10. The first-order chi connectivity index (χ1) is 9.70. The van der Waals surface area contributed by atoms with Gasteiger partial charge in [0.15, 0.2) is 0 Å². The highest BCUT2D eigenvalue weighted by Gasteiger charge is 2.20. The van der Waals surface area contributed by atoms with Gasteiger partial charge in [-0.2, -0.15) is 0 Å². The molecule has 0 aliphatic heterocycles. The van der Waals surface area contributed by atoms with E-state index in [2.05, 4.69) is 36.6 Å². The largest absolute Gasteiger partial charge is 0.398 e. The maximum Gasteiger partial charge on any atom is 0.263 e. The van der Waals surface area contributed by atoms with Crippen molar-refractivity contribution in [3.63, 3.8) is 0 Å². The van der Waals surface area contributed by atoms with Crippen LogP contribution in [0.2, 0.25) is 0 Å². The lowest BCUT2D eigenvalue weighted by atomic mass is 10.2. The summed E-state index contributed by atoms with van der Waals surface area (Å²) in [5.41, 5.74) is 6.62. The zero-order valence-electron chi connectivity index (χ0n) is 10.8. The molecular weight excluding hydrogens is 427 g/mol. The van der Waals surface area contributed by atoms with E-state index in [0.717, 1.165) is 22.2 Å². The zero-order chi connectivity index (χ0) is 15.8.